The third-order valence-electron chi connectivity index (χ3n) is 4.27. The lowest BCUT2D eigenvalue weighted by atomic mass is 10.2. The number of anilines is 2. The molecule has 1 N–H and O–H groups in total. The maximum absolute atomic E-state index is 12.6. The lowest BCUT2D eigenvalue weighted by Gasteiger charge is -2.17. The number of para-hydroxylation sites is 1. The minimum absolute atomic E-state index is 0.126. The number of carbonyl (C=O) groups excluding carboxylic acids is 2. The van der Waals surface area contributed by atoms with Gasteiger partial charge < -0.3 is 19.7 Å². The highest BCUT2D eigenvalue weighted by molar-refractivity contribution is 6.05. The molecule has 3 rings (SSSR count). The van der Waals surface area contributed by atoms with E-state index in [2.05, 4.69) is 5.32 Å². The molecule has 0 unspecified atom stereocenters. The summed E-state index contributed by atoms with van der Waals surface area (Å²) < 4.78 is 10.6. The Kier molecular flexibility index (Phi) is 6.47. The maximum Gasteiger partial charge on any atom is 0.262 e. The van der Waals surface area contributed by atoms with Gasteiger partial charge in [-0.3, -0.25) is 9.59 Å². The molecule has 29 heavy (non-hydrogen) atoms. The summed E-state index contributed by atoms with van der Waals surface area (Å²) in [5.41, 5.74) is 1.97. The number of ether oxygens (including phenoxy) is 2. The predicted octanol–water partition coefficient (Wildman–Crippen LogP) is 3.99. The molecule has 3 aromatic rings. The van der Waals surface area contributed by atoms with E-state index >= 15 is 0 Å². The normalized spacial score (nSPS) is 10.1. The second-order valence-corrected chi connectivity index (χ2v) is 6.29. The summed E-state index contributed by atoms with van der Waals surface area (Å²) in [4.78, 5) is 26.2. The summed E-state index contributed by atoms with van der Waals surface area (Å²) in [7, 11) is 3.29. The molecule has 3 aromatic carbocycles. The largest absolute Gasteiger partial charge is 0.497 e. The van der Waals surface area contributed by atoms with E-state index in [4.69, 9.17) is 9.47 Å². The van der Waals surface area contributed by atoms with Crippen molar-refractivity contribution >= 4 is 23.2 Å². The monoisotopic (exact) mass is 390 g/mol. The van der Waals surface area contributed by atoms with Gasteiger partial charge in [-0.2, -0.15) is 0 Å². The summed E-state index contributed by atoms with van der Waals surface area (Å²) >= 11 is 0. The second kappa shape index (κ2) is 9.41. The SMILES string of the molecule is COc1cccc(NC(=O)COc2ccc(C(=O)N(C)c3ccccc3)cc2)c1. The fourth-order valence-electron chi connectivity index (χ4n) is 2.70. The van der Waals surface area contributed by atoms with Crippen LogP contribution in [-0.4, -0.2) is 32.6 Å². The molecule has 0 saturated heterocycles. The van der Waals surface area contributed by atoms with Crippen LogP contribution in [0, 0.1) is 0 Å². The van der Waals surface area contributed by atoms with Crippen LogP contribution >= 0.6 is 0 Å². The molecule has 2 amide bonds. The molecule has 0 heterocycles. The molecule has 0 spiro atoms. The molecule has 0 fully saturated rings. The van der Waals surface area contributed by atoms with Crippen LogP contribution in [0.5, 0.6) is 11.5 Å². The molecule has 0 radical (unpaired) electrons. The van der Waals surface area contributed by atoms with Crippen molar-refractivity contribution in [2.75, 3.05) is 31.0 Å². The fraction of sp³-hybridized carbons (Fsp3) is 0.130. The van der Waals surface area contributed by atoms with Crippen LogP contribution in [0.2, 0.25) is 0 Å². The van der Waals surface area contributed by atoms with Gasteiger partial charge in [-0.15, -0.1) is 0 Å². The minimum atomic E-state index is -0.290. The van der Waals surface area contributed by atoms with E-state index in [1.807, 2.05) is 30.3 Å². The predicted molar refractivity (Wildman–Crippen MR) is 113 cm³/mol. The van der Waals surface area contributed by atoms with Gasteiger partial charge in [-0.25, -0.2) is 0 Å². The van der Waals surface area contributed by atoms with Gasteiger partial charge in [0.15, 0.2) is 6.61 Å². The Morgan fingerprint density at radius 1 is 0.897 bits per heavy atom. The average Bonchev–Trinajstić information content (AvgIpc) is 2.77. The number of carbonyl (C=O) groups is 2. The molecule has 6 heteroatoms. The smallest absolute Gasteiger partial charge is 0.262 e. The number of hydrogen-bond acceptors (Lipinski definition) is 4. The van der Waals surface area contributed by atoms with Gasteiger partial charge in [0.2, 0.25) is 0 Å². The van der Waals surface area contributed by atoms with Crippen molar-refractivity contribution in [3.05, 3.63) is 84.4 Å². The fourth-order valence-corrected chi connectivity index (χ4v) is 2.70. The van der Waals surface area contributed by atoms with Crippen molar-refractivity contribution in [3.8, 4) is 11.5 Å². The molecule has 0 bridgehead atoms. The first-order valence-electron chi connectivity index (χ1n) is 9.06. The van der Waals surface area contributed by atoms with E-state index in [1.54, 1.807) is 67.6 Å². The zero-order valence-electron chi connectivity index (χ0n) is 16.3. The van der Waals surface area contributed by atoms with E-state index < -0.39 is 0 Å². The van der Waals surface area contributed by atoms with Crippen LogP contribution < -0.4 is 19.7 Å². The number of amides is 2. The zero-order valence-corrected chi connectivity index (χ0v) is 16.3. The molecular formula is C23H22N2O4. The molecule has 0 aromatic heterocycles. The molecular weight excluding hydrogens is 368 g/mol. The molecule has 6 nitrogen and oxygen atoms in total. The van der Waals surface area contributed by atoms with E-state index in [9.17, 15) is 9.59 Å². The highest BCUT2D eigenvalue weighted by Gasteiger charge is 2.13. The van der Waals surface area contributed by atoms with Crippen LogP contribution in [0.25, 0.3) is 0 Å². The first-order chi connectivity index (χ1) is 14.1. The lowest BCUT2D eigenvalue weighted by Crippen LogP contribution is -2.26. The molecule has 0 aliphatic carbocycles. The van der Waals surface area contributed by atoms with Crippen LogP contribution in [-0.2, 0) is 4.79 Å². The molecule has 0 aliphatic rings. The number of nitrogens with one attached hydrogen (secondary N) is 1. The Morgan fingerprint density at radius 2 is 1.62 bits per heavy atom. The van der Waals surface area contributed by atoms with Crippen LogP contribution in [0.15, 0.2) is 78.9 Å². The quantitative estimate of drug-likeness (QED) is 0.662. The van der Waals surface area contributed by atoms with Gasteiger partial charge in [0.25, 0.3) is 11.8 Å². The highest BCUT2D eigenvalue weighted by atomic mass is 16.5. The van der Waals surface area contributed by atoms with Crippen molar-refractivity contribution in [3.63, 3.8) is 0 Å². The van der Waals surface area contributed by atoms with Crippen molar-refractivity contribution in [2.45, 2.75) is 0 Å². The van der Waals surface area contributed by atoms with Gasteiger partial charge in [0.05, 0.1) is 7.11 Å². The third kappa shape index (κ3) is 5.35. The number of nitrogens with zero attached hydrogens (tertiary/aromatic N) is 1. The van der Waals surface area contributed by atoms with Crippen LogP contribution in [0.1, 0.15) is 10.4 Å². The Balaban J connectivity index is 1.55. The van der Waals surface area contributed by atoms with E-state index in [-0.39, 0.29) is 18.4 Å². The lowest BCUT2D eigenvalue weighted by molar-refractivity contribution is -0.118. The van der Waals surface area contributed by atoms with Gasteiger partial charge in [-0.05, 0) is 48.5 Å². The Bertz CT molecular complexity index is 972. The first kappa shape index (κ1) is 19.9. The van der Waals surface area contributed by atoms with Gasteiger partial charge in [-0.1, -0.05) is 24.3 Å². The number of hydrogen-bond donors (Lipinski definition) is 1. The second-order valence-electron chi connectivity index (χ2n) is 6.29. The van der Waals surface area contributed by atoms with Gasteiger partial charge >= 0.3 is 0 Å². The zero-order chi connectivity index (χ0) is 20.6. The van der Waals surface area contributed by atoms with Gasteiger partial charge in [0, 0.05) is 30.1 Å². The number of methoxy groups -OCH3 is 1. The Morgan fingerprint density at radius 3 is 2.31 bits per heavy atom. The van der Waals surface area contributed by atoms with Crippen LogP contribution in [0.4, 0.5) is 11.4 Å². The molecule has 0 atom stereocenters. The summed E-state index contributed by atoms with van der Waals surface area (Å²) in [6, 6.07) is 23.2. The average molecular weight is 390 g/mol. The number of benzene rings is 3. The topological polar surface area (TPSA) is 67.9 Å². The summed E-state index contributed by atoms with van der Waals surface area (Å²) in [5, 5.41) is 2.74. The standard InChI is InChI=1S/C23H22N2O4/c1-25(19-8-4-3-5-9-19)23(27)17-11-13-20(14-12-17)29-16-22(26)24-18-7-6-10-21(15-18)28-2/h3-15H,16H2,1-2H3,(H,24,26). The van der Waals surface area contributed by atoms with Crippen molar-refractivity contribution in [1.82, 2.24) is 0 Å². The summed E-state index contributed by atoms with van der Waals surface area (Å²) in [5.74, 6) is 0.745. The number of rotatable bonds is 7. The maximum atomic E-state index is 12.6. The van der Waals surface area contributed by atoms with E-state index in [1.165, 1.54) is 0 Å². The Labute approximate surface area is 169 Å². The highest BCUT2D eigenvalue weighted by Crippen LogP contribution is 2.19. The summed E-state index contributed by atoms with van der Waals surface area (Å²) in [6.45, 7) is -0.144. The van der Waals surface area contributed by atoms with Crippen LogP contribution in [0.3, 0.4) is 0 Å². The molecule has 0 aliphatic heterocycles. The third-order valence-corrected chi connectivity index (χ3v) is 4.27. The molecule has 0 saturated carbocycles. The van der Waals surface area contributed by atoms with Crippen molar-refractivity contribution < 1.29 is 19.1 Å². The molecule has 148 valence electrons. The summed E-state index contributed by atoms with van der Waals surface area (Å²) in [6.07, 6.45) is 0. The van der Waals surface area contributed by atoms with Gasteiger partial charge in [0.1, 0.15) is 11.5 Å². The van der Waals surface area contributed by atoms with Crippen molar-refractivity contribution in [1.29, 1.82) is 0 Å². The Hall–Kier alpha value is -3.80. The van der Waals surface area contributed by atoms with E-state index in [0.717, 1.165) is 5.69 Å². The first-order valence-corrected chi connectivity index (χ1v) is 9.06. The minimum Gasteiger partial charge on any atom is -0.497 e. The van der Waals surface area contributed by atoms with Crippen molar-refractivity contribution in [2.24, 2.45) is 0 Å². The van der Waals surface area contributed by atoms with E-state index in [0.29, 0.717) is 22.7 Å².